The molecule has 104 valence electrons. The van der Waals surface area contributed by atoms with Crippen LogP contribution in [0.4, 0.5) is 0 Å². The molecule has 0 amide bonds. The smallest absolute Gasteiger partial charge is 0.314 e. The summed E-state index contributed by atoms with van der Waals surface area (Å²) < 4.78 is 1.71. The molecule has 5 nitrogen and oxygen atoms in total. The van der Waals surface area contributed by atoms with Crippen molar-refractivity contribution < 1.29 is 14.7 Å². The maximum atomic E-state index is 11.5. The molecule has 1 N–H and O–H groups in total. The number of benzene rings is 1. The molecule has 0 saturated carbocycles. The van der Waals surface area contributed by atoms with E-state index in [1.165, 1.54) is 0 Å². The normalized spacial score (nSPS) is 12.1. The predicted octanol–water partition coefficient (Wildman–Crippen LogP) is 1.61. The van der Waals surface area contributed by atoms with Crippen LogP contribution >= 0.6 is 12.6 Å². The number of carboxylic acids is 1. The molecule has 0 saturated heterocycles. The minimum atomic E-state index is -1.11. The van der Waals surface area contributed by atoms with E-state index in [0.29, 0.717) is 0 Å². The van der Waals surface area contributed by atoms with Crippen LogP contribution in [0.1, 0.15) is 5.56 Å². The molecule has 20 heavy (non-hydrogen) atoms. The summed E-state index contributed by atoms with van der Waals surface area (Å²) in [5, 5.41) is 13.2. The molecule has 0 aliphatic carbocycles. The van der Waals surface area contributed by atoms with Crippen LogP contribution in [0.25, 0.3) is 5.69 Å². The van der Waals surface area contributed by atoms with Crippen molar-refractivity contribution in [2.75, 3.05) is 5.75 Å². The van der Waals surface area contributed by atoms with Gasteiger partial charge in [0.15, 0.2) is 5.78 Å². The number of thiol groups is 1. The molecule has 0 radical (unpaired) electrons. The number of nitrogens with zero attached hydrogens (tertiary/aromatic N) is 2. The van der Waals surface area contributed by atoms with Gasteiger partial charge in [0.1, 0.15) is 5.92 Å². The minimum Gasteiger partial charge on any atom is -0.481 e. The fourth-order valence-corrected chi connectivity index (χ4v) is 2.11. The summed E-state index contributed by atoms with van der Waals surface area (Å²) >= 11 is 3.85. The molecular weight excluding hydrogens is 276 g/mol. The van der Waals surface area contributed by atoms with Gasteiger partial charge >= 0.3 is 5.97 Å². The second kappa shape index (κ2) is 6.38. The average Bonchev–Trinajstić information content (AvgIpc) is 2.98. The van der Waals surface area contributed by atoms with Crippen LogP contribution in [0.5, 0.6) is 0 Å². The molecule has 0 spiro atoms. The molecule has 1 atom stereocenters. The predicted molar refractivity (Wildman–Crippen MR) is 77.3 cm³/mol. The van der Waals surface area contributed by atoms with Crippen molar-refractivity contribution in [1.29, 1.82) is 0 Å². The molecular formula is C14H14N2O3S. The number of carbonyl (C=O) groups excluding carboxylic acids is 1. The molecule has 1 aromatic carbocycles. The Morgan fingerprint density at radius 2 is 2.00 bits per heavy atom. The number of ketones is 1. The first kappa shape index (κ1) is 14.3. The number of aliphatic carboxylic acids is 1. The summed E-state index contributed by atoms with van der Waals surface area (Å²) in [6.45, 7) is 0. The van der Waals surface area contributed by atoms with Crippen LogP contribution < -0.4 is 0 Å². The number of Topliss-reactive ketones (excluding diaryl/α,β-unsaturated/α-hetero) is 1. The Morgan fingerprint density at radius 3 is 2.50 bits per heavy atom. The second-order valence-electron chi connectivity index (χ2n) is 4.34. The Labute approximate surface area is 121 Å². The van der Waals surface area contributed by atoms with Gasteiger partial charge in [0, 0.05) is 12.4 Å². The molecule has 1 heterocycles. The largest absolute Gasteiger partial charge is 0.481 e. The van der Waals surface area contributed by atoms with E-state index in [0.717, 1.165) is 11.3 Å². The van der Waals surface area contributed by atoms with E-state index in [4.69, 9.17) is 5.11 Å². The quantitative estimate of drug-likeness (QED) is 0.626. The molecule has 0 bridgehead atoms. The lowest BCUT2D eigenvalue weighted by Gasteiger charge is -2.10. The van der Waals surface area contributed by atoms with Crippen molar-refractivity contribution in [1.82, 2.24) is 9.78 Å². The molecule has 1 aromatic heterocycles. The van der Waals surface area contributed by atoms with Gasteiger partial charge in [-0.2, -0.15) is 17.7 Å². The van der Waals surface area contributed by atoms with Gasteiger partial charge < -0.3 is 5.11 Å². The van der Waals surface area contributed by atoms with Crippen LogP contribution in [0, 0.1) is 5.92 Å². The Bertz CT molecular complexity index is 593. The Balaban J connectivity index is 2.14. The Morgan fingerprint density at radius 1 is 1.30 bits per heavy atom. The standard InChI is InChI=1S/C14H14N2O3S/c17-13(9-20)12(14(18)19)8-10-2-4-11(5-3-10)16-7-1-6-15-16/h1-7,12,20H,8-9H2,(H,18,19). The number of carbonyl (C=O) groups is 2. The lowest BCUT2D eigenvalue weighted by molar-refractivity contribution is -0.145. The van der Waals surface area contributed by atoms with Crippen LogP contribution in [0.2, 0.25) is 0 Å². The van der Waals surface area contributed by atoms with Gasteiger partial charge in [-0.05, 0) is 30.2 Å². The highest BCUT2D eigenvalue weighted by atomic mass is 32.1. The van der Waals surface area contributed by atoms with Crippen molar-refractivity contribution in [3.63, 3.8) is 0 Å². The van der Waals surface area contributed by atoms with E-state index in [2.05, 4.69) is 17.7 Å². The first-order valence-corrected chi connectivity index (χ1v) is 6.70. The van der Waals surface area contributed by atoms with E-state index in [-0.39, 0.29) is 18.0 Å². The second-order valence-corrected chi connectivity index (χ2v) is 4.65. The zero-order valence-electron chi connectivity index (χ0n) is 10.6. The van der Waals surface area contributed by atoms with Gasteiger partial charge in [0.05, 0.1) is 11.4 Å². The Kier molecular flexibility index (Phi) is 4.57. The molecule has 6 heteroatoms. The average molecular weight is 290 g/mol. The maximum Gasteiger partial charge on any atom is 0.314 e. The Hall–Kier alpha value is -2.08. The van der Waals surface area contributed by atoms with Gasteiger partial charge in [-0.25, -0.2) is 4.68 Å². The first-order chi connectivity index (χ1) is 9.61. The van der Waals surface area contributed by atoms with Gasteiger partial charge in [0.25, 0.3) is 0 Å². The van der Waals surface area contributed by atoms with Crippen molar-refractivity contribution in [3.05, 3.63) is 48.3 Å². The number of aromatic nitrogens is 2. The summed E-state index contributed by atoms with van der Waals surface area (Å²) in [5.74, 6) is -2.59. The lowest BCUT2D eigenvalue weighted by atomic mass is 9.96. The summed E-state index contributed by atoms with van der Waals surface area (Å²) in [7, 11) is 0. The fourth-order valence-electron chi connectivity index (χ4n) is 1.89. The van der Waals surface area contributed by atoms with Crippen molar-refractivity contribution in [2.45, 2.75) is 6.42 Å². The van der Waals surface area contributed by atoms with E-state index < -0.39 is 11.9 Å². The minimum absolute atomic E-state index is 0.0671. The highest BCUT2D eigenvalue weighted by Gasteiger charge is 2.25. The van der Waals surface area contributed by atoms with Gasteiger partial charge in [-0.1, -0.05) is 12.1 Å². The van der Waals surface area contributed by atoms with E-state index in [1.54, 1.807) is 23.0 Å². The third-order valence-electron chi connectivity index (χ3n) is 2.99. The molecule has 2 aromatic rings. The summed E-state index contributed by atoms with van der Waals surface area (Å²) in [6, 6.07) is 9.11. The zero-order chi connectivity index (χ0) is 14.5. The van der Waals surface area contributed by atoms with Gasteiger partial charge in [-0.3, -0.25) is 9.59 Å². The number of rotatable bonds is 6. The van der Waals surface area contributed by atoms with Crippen LogP contribution in [-0.2, 0) is 16.0 Å². The molecule has 0 aliphatic heterocycles. The van der Waals surface area contributed by atoms with Crippen LogP contribution in [0.3, 0.4) is 0 Å². The third kappa shape index (κ3) is 3.27. The van der Waals surface area contributed by atoms with Crippen molar-refractivity contribution in [3.8, 4) is 5.69 Å². The molecule has 1 unspecified atom stereocenters. The van der Waals surface area contributed by atoms with Gasteiger partial charge in [-0.15, -0.1) is 0 Å². The van der Waals surface area contributed by atoms with E-state index in [9.17, 15) is 9.59 Å². The van der Waals surface area contributed by atoms with Crippen molar-refractivity contribution >= 4 is 24.4 Å². The summed E-state index contributed by atoms with van der Waals surface area (Å²) in [6.07, 6.45) is 3.67. The van der Waals surface area contributed by atoms with Gasteiger partial charge in [0.2, 0.25) is 0 Å². The fraction of sp³-hybridized carbons (Fsp3) is 0.214. The highest BCUT2D eigenvalue weighted by Crippen LogP contribution is 2.14. The van der Waals surface area contributed by atoms with Crippen LogP contribution in [0.15, 0.2) is 42.7 Å². The molecule has 0 aliphatic rings. The van der Waals surface area contributed by atoms with E-state index in [1.807, 2.05) is 24.4 Å². The first-order valence-electron chi connectivity index (χ1n) is 6.07. The van der Waals surface area contributed by atoms with Crippen molar-refractivity contribution in [2.24, 2.45) is 5.92 Å². The monoisotopic (exact) mass is 290 g/mol. The topological polar surface area (TPSA) is 72.2 Å². The number of carboxylic acid groups (broad SMARTS) is 1. The maximum absolute atomic E-state index is 11.5. The lowest BCUT2D eigenvalue weighted by Crippen LogP contribution is -2.27. The summed E-state index contributed by atoms with van der Waals surface area (Å²) in [5.41, 5.74) is 1.68. The third-order valence-corrected chi connectivity index (χ3v) is 3.30. The zero-order valence-corrected chi connectivity index (χ0v) is 11.5. The van der Waals surface area contributed by atoms with E-state index >= 15 is 0 Å². The molecule has 2 rings (SSSR count). The van der Waals surface area contributed by atoms with Crippen LogP contribution in [-0.4, -0.2) is 32.4 Å². The highest BCUT2D eigenvalue weighted by molar-refractivity contribution is 7.81. The number of hydrogen-bond donors (Lipinski definition) is 2. The number of hydrogen-bond acceptors (Lipinski definition) is 4. The summed E-state index contributed by atoms with van der Waals surface area (Å²) in [4.78, 5) is 22.6. The SMILES string of the molecule is O=C(O)C(Cc1ccc(-n2cccn2)cc1)C(=O)CS. The molecule has 0 fully saturated rings.